The summed E-state index contributed by atoms with van der Waals surface area (Å²) >= 11 is 0. The van der Waals surface area contributed by atoms with E-state index >= 15 is 0 Å². The largest absolute Gasteiger partial charge is 0.454 e. The highest BCUT2D eigenvalue weighted by atomic mass is 16.7. The number of anilines is 2. The fourth-order valence-electron chi connectivity index (χ4n) is 4.29. The molecule has 36 heavy (non-hydrogen) atoms. The van der Waals surface area contributed by atoms with Crippen LogP contribution in [0.3, 0.4) is 0 Å². The minimum absolute atomic E-state index is 0.120. The summed E-state index contributed by atoms with van der Waals surface area (Å²) in [4.78, 5) is 31.8. The Balaban J connectivity index is 1.28. The number of pyridine rings is 1. The van der Waals surface area contributed by atoms with E-state index in [9.17, 15) is 9.59 Å². The Morgan fingerprint density at radius 1 is 1.08 bits per heavy atom. The van der Waals surface area contributed by atoms with Gasteiger partial charge in [0.2, 0.25) is 12.7 Å². The van der Waals surface area contributed by atoms with E-state index in [0.717, 1.165) is 34.5 Å². The van der Waals surface area contributed by atoms with Crippen LogP contribution in [0.25, 0.3) is 11.3 Å². The Labute approximate surface area is 209 Å². The molecule has 0 spiro atoms. The molecule has 1 N–H and O–H groups in total. The van der Waals surface area contributed by atoms with Crippen LogP contribution < -0.4 is 19.7 Å². The van der Waals surface area contributed by atoms with E-state index in [4.69, 9.17) is 9.47 Å². The summed E-state index contributed by atoms with van der Waals surface area (Å²) in [6.07, 6.45) is 5.92. The van der Waals surface area contributed by atoms with Gasteiger partial charge < -0.3 is 19.7 Å². The minimum Gasteiger partial charge on any atom is -0.454 e. The molecule has 2 aliphatic heterocycles. The van der Waals surface area contributed by atoms with Crippen LogP contribution in [-0.4, -0.2) is 30.1 Å². The van der Waals surface area contributed by atoms with E-state index in [1.807, 2.05) is 42.5 Å². The number of ether oxygens (including phenoxy) is 2. The molecule has 2 aliphatic rings. The predicted octanol–water partition coefficient (Wildman–Crippen LogP) is 4.85. The van der Waals surface area contributed by atoms with Crippen molar-refractivity contribution in [1.29, 1.82) is 0 Å². The first-order valence-electron chi connectivity index (χ1n) is 11.6. The fraction of sp³-hybridized carbons (Fsp3) is 0.138. The number of hydrogen-bond acceptors (Lipinski definition) is 5. The van der Waals surface area contributed by atoms with Gasteiger partial charge in [-0.05, 0) is 53.9 Å². The molecule has 7 nitrogen and oxygen atoms in total. The van der Waals surface area contributed by atoms with E-state index in [1.54, 1.807) is 35.3 Å². The highest BCUT2D eigenvalue weighted by Gasteiger charge is 2.26. The number of nitrogens with one attached hydrogen (secondary N) is 1. The minimum atomic E-state index is -0.174. The van der Waals surface area contributed by atoms with Crippen LogP contribution in [0.4, 0.5) is 11.5 Å². The van der Waals surface area contributed by atoms with Crippen molar-refractivity contribution in [1.82, 2.24) is 4.98 Å². The van der Waals surface area contributed by atoms with Gasteiger partial charge >= 0.3 is 0 Å². The van der Waals surface area contributed by atoms with Crippen molar-refractivity contribution in [2.45, 2.75) is 12.8 Å². The van der Waals surface area contributed by atoms with Gasteiger partial charge in [0.05, 0.1) is 12.1 Å². The molecule has 5 rings (SSSR count). The van der Waals surface area contributed by atoms with E-state index in [2.05, 4.69) is 23.5 Å². The van der Waals surface area contributed by atoms with Crippen molar-refractivity contribution in [2.75, 3.05) is 23.6 Å². The molecule has 0 aliphatic carbocycles. The smallest absolute Gasteiger partial charge is 0.257 e. The molecule has 3 heterocycles. The first-order valence-corrected chi connectivity index (χ1v) is 11.6. The van der Waals surface area contributed by atoms with E-state index < -0.39 is 0 Å². The molecular weight excluding hydrogens is 454 g/mol. The summed E-state index contributed by atoms with van der Waals surface area (Å²) in [6.45, 7) is 8.29. The topological polar surface area (TPSA) is 80.8 Å². The van der Waals surface area contributed by atoms with Gasteiger partial charge in [0.1, 0.15) is 5.82 Å². The van der Waals surface area contributed by atoms with E-state index in [1.165, 1.54) is 0 Å². The van der Waals surface area contributed by atoms with Crippen molar-refractivity contribution in [3.8, 4) is 22.8 Å². The maximum absolute atomic E-state index is 12.8. The van der Waals surface area contributed by atoms with Gasteiger partial charge in [-0.15, -0.1) is 0 Å². The fourth-order valence-corrected chi connectivity index (χ4v) is 4.29. The second-order valence-electron chi connectivity index (χ2n) is 8.49. The van der Waals surface area contributed by atoms with Gasteiger partial charge in [-0.1, -0.05) is 49.6 Å². The Morgan fingerprint density at radius 2 is 1.94 bits per heavy atom. The zero-order valence-electron chi connectivity index (χ0n) is 19.7. The van der Waals surface area contributed by atoms with Gasteiger partial charge in [-0.3, -0.25) is 9.59 Å². The molecule has 7 heteroatoms. The maximum Gasteiger partial charge on any atom is 0.257 e. The van der Waals surface area contributed by atoms with Gasteiger partial charge in [0.25, 0.3) is 5.91 Å². The van der Waals surface area contributed by atoms with Crippen molar-refractivity contribution in [2.24, 2.45) is 0 Å². The molecule has 0 saturated heterocycles. The third kappa shape index (κ3) is 4.77. The molecule has 3 aromatic rings. The lowest BCUT2D eigenvalue weighted by Crippen LogP contribution is -2.29. The first-order chi connectivity index (χ1) is 17.5. The lowest BCUT2D eigenvalue weighted by Gasteiger charge is -2.17. The number of rotatable bonds is 7. The molecule has 0 atom stereocenters. The molecule has 2 aromatic carbocycles. The summed E-state index contributed by atoms with van der Waals surface area (Å²) in [5.74, 6) is 1.51. The zero-order valence-corrected chi connectivity index (χ0v) is 19.7. The van der Waals surface area contributed by atoms with Gasteiger partial charge in [0, 0.05) is 23.4 Å². The summed E-state index contributed by atoms with van der Waals surface area (Å²) in [5, 5.41) is 2.87. The van der Waals surface area contributed by atoms with E-state index in [-0.39, 0.29) is 25.0 Å². The monoisotopic (exact) mass is 479 g/mol. The third-order valence-electron chi connectivity index (χ3n) is 6.04. The highest BCUT2D eigenvalue weighted by Crippen LogP contribution is 2.34. The van der Waals surface area contributed by atoms with Gasteiger partial charge in [-0.2, -0.15) is 0 Å². The standard InChI is InChI=1S/C29H25N3O4/c1-3-4-6-19(2)29(34)32-14-13-22-17-21(10-11-24(22)32)23-7-5-8-27(30-23)31-28(33)16-20-9-12-25-26(15-20)36-18-35-25/h3-12,15,17H,1-2,13-14,16,18H2,(H,30,31,33)/b6-4-. The number of amides is 2. The van der Waals surface area contributed by atoms with Crippen molar-refractivity contribution < 1.29 is 19.1 Å². The van der Waals surface area contributed by atoms with Crippen LogP contribution in [0, 0.1) is 0 Å². The number of benzene rings is 2. The number of nitrogens with zero attached hydrogens (tertiary/aromatic N) is 2. The molecule has 180 valence electrons. The summed E-state index contributed by atoms with van der Waals surface area (Å²) in [7, 11) is 0. The second-order valence-corrected chi connectivity index (χ2v) is 8.49. The lowest BCUT2D eigenvalue weighted by molar-refractivity contribution is -0.116. The molecule has 0 radical (unpaired) electrons. The van der Waals surface area contributed by atoms with Crippen LogP contribution in [0.2, 0.25) is 0 Å². The molecule has 0 bridgehead atoms. The Bertz CT molecular complexity index is 1410. The molecule has 0 fully saturated rings. The lowest BCUT2D eigenvalue weighted by atomic mass is 10.1. The average Bonchev–Trinajstić information content (AvgIpc) is 3.53. The van der Waals surface area contributed by atoms with Crippen LogP contribution in [0.1, 0.15) is 11.1 Å². The second kappa shape index (κ2) is 9.92. The van der Waals surface area contributed by atoms with Crippen LogP contribution in [0.5, 0.6) is 11.5 Å². The van der Waals surface area contributed by atoms with Crippen molar-refractivity contribution in [3.63, 3.8) is 0 Å². The molecule has 1 aromatic heterocycles. The Kier molecular flexibility index (Phi) is 6.36. The molecule has 0 saturated carbocycles. The number of fused-ring (bicyclic) bond motifs is 2. The van der Waals surface area contributed by atoms with Crippen molar-refractivity contribution in [3.05, 3.63) is 103 Å². The summed E-state index contributed by atoms with van der Waals surface area (Å²) in [6, 6.07) is 16.9. The quantitative estimate of drug-likeness (QED) is 0.387. The summed E-state index contributed by atoms with van der Waals surface area (Å²) < 4.78 is 10.7. The zero-order chi connectivity index (χ0) is 25.1. The number of carbonyl (C=O) groups is 2. The first kappa shape index (κ1) is 23.1. The number of aromatic nitrogens is 1. The number of carbonyl (C=O) groups excluding carboxylic acids is 2. The predicted molar refractivity (Wildman–Crippen MR) is 139 cm³/mol. The maximum atomic E-state index is 12.8. The molecular formula is C29H25N3O4. The Morgan fingerprint density at radius 3 is 2.81 bits per heavy atom. The normalized spacial score (nSPS) is 13.5. The van der Waals surface area contributed by atoms with E-state index in [0.29, 0.717) is 29.4 Å². The van der Waals surface area contributed by atoms with Crippen molar-refractivity contribution >= 4 is 23.3 Å². The molecule has 0 unspecified atom stereocenters. The SMILES string of the molecule is C=C/C=C\C(=C)C(=O)N1CCc2cc(-c3cccc(NC(=O)Cc4ccc5c(c4)OCO5)n3)ccc21. The van der Waals surface area contributed by atoms with Crippen LogP contribution >= 0.6 is 0 Å². The van der Waals surface area contributed by atoms with Gasteiger partial charge in [0.15, 0.2) is 11.5 Å². The molecule has 2 amide bonds. The van der Waals surface area contributed by atoms with Gasteiger partial charge in [-0.25, -0.2) is 4.98 Å². The van der Waals surface area contributed by atoms with Crippen LogP contribution in [0.15, 0.2) is 91.6 Å². The highest BCUT2D eigenvalue weighted by molar-refractivity contribution is 6.08. The Hall–Kier alpha value is -4.65. The van der Waals surface area contributed by atoms with Crippen LogP contribution in [-0.2, 0) is 22.4 Å². The average molecular weight is 480 g/mol. The number of allylic oxidation sites excluding steroid dienone is 2. The third-order valence-corrected chi connectivity index (χ3v) is 6.04. The summed E-state index contributed by atoms with van der Waals surface area (Å²) in [5.41, 5.74) is 4.85. The number of hydrogen-bond donors (Lipinski definition) is 1.